The Bertz CT molecular complexity index is 936. The fraction of sp³-hybridized carbons (Fsp3) is 0.211. The monoisotopic (exact) mass is 412 g/mol. The average molecular weight is 412 g/mol. The van der Waals surface area contributed by atoms with Crippen LogP contribution >= 0.6 is 0 Å². The van der Waals surface area contributed by atoms with Gasteiger partial charge in [0.05, 0.1) is 17.7 Å². The van der Waals surface area contributed by atoms with E-state index < -0.39 is 58.4 Å². The molecule has 0 heterocycles. The molecule has 0 aromatic heterocycles. The van der Waals surface area contributed by atoms with Crippen LogP contribution in [0.1, 0.15) is 23.7 Å². The number of halogens is 4. The number of carbonyl (C=O) groups is 3. The zero-order valence-corrected chi connectivity index (χ0v) is 15.1. The molecule has 154 valence electrons. The molecule has 0 saturated carbocycles. The second-order valence-electron chi connectivity index (χ2n) is 5.88. The molecular weight excluding hydrogens is 396 g/mol. The Balaban J connectivity index is 1.80. The van der Waals surface area contributed by atoms with Crippen molar-refractivity contribution in [3.05, 3.63) is 65.2 Å². The molecule has 0 fully saturated rings. The SMILES string of the molecule is CC(OC(=O)CCNC(=O)c1ccc(F)cc1F)C(=O)Nc1cc(F)ccc1F. The number of anilines is 1. The van der Waals surface area contributed by atoms with E-state index in [2.05, 4.69) is 10.6 Å². The highest BCUT2D eigenvalue weighted by molar-refractivity contribution is 5.95. The maximum absolute atomic E-state index is 13.5. The molecule has 1 unspecified atom stereocenters. The van der Waals surface area contributed by atoms with Crippen LogP contribution in [0.2, 0.25) is 0 Å². The molecule has 1 atom stereocenters. The highest BCUT2D eigenvalue weighted by Crippen LogP contribution is 2.16. The van der Waals surface area contributed by atoms with Gasteiger partial charge in [0.15, 0.2) is 6.10 Å². The molecule has 0 aliphatic carbocycles. The van der Waals surface area contributed by atoms with Gasteiger partial charge in [-0.2, -0.15) is 0 Å². The smallest absolute Gasteiger partial charge is 0.308 e. The third kappa shape index (κ3) is 6.30. The van der Waals surface area contributed by atoms with Crippen LogP contribution in [0.25, 0.3) is 0 Å². The van der Waals surface area contributed by atoms with Crippen LogP contribution in [0.15, 0.2) is 36.4 Å². The predicted octanol–water partition coefficient (Wildman–Crippen LogP) is 2.93. The molecule has 0 aliphatic heterocycles. The number of benzene rings is 2. The summed E-state index contributed by atoms with van der Waals surface area (Å²) < 4.78 is 57.8. The van der Waals surface area contributed by atoms with E-state index in [4.69, 9.17) is 4.74 Å². The second-order valence-corrected chi connectivity index (χ2v) is 5.88. The minimum Gasteiger partial charge on any atom is -0.452 e. The van der Waals surface area contributed by atoms with Crippen molar-refractivity contribution in [3.8, 4) is 0 Å². The first-order chi connectivity index (χ1) is 13.7. The summed E-state index contributed by atoms with van der Waals surface area (Å²) in [5.74, 6) is -6.14. The van der Waals surface area contributed by atoms with Gasteiger partial charge in [0.25, 0.3) is 11.8 Å². The molecule has 0 aliphatic rings. The van der Waals surface area contributed by atoms with E-state index in [-0.39, 0.29) is 13.0 Å². The topological polar surface area (TPSA) is 84.5 Å². The Kier molecular flexibility index (Phi) is 7.29. The molecule has 0 radical (unpaired) electrons. The fourth-order valence-electron chi connectivity index (χ4n) is 2.18. The first-order valence-electron chi connectivity index (χ1n) is 8.36. The number of ether oxygens (including phenoxy) is 1. The van der Waals surface area contributed by atoms with Gasteiger partial charge in [-0.05, 0) is 31.2 Å². The van der Waals surface area contributed by atoms with E-state index in [1.54, 1.807) is 0 Å². The molecule has 0 saturated heterocycles. The summed E-state index contributed by atoms with van der Waals surface area (Å²) in [5, 5.41) is 4.34. The highest BCUT2D eigenvalue weighted by Gasteiger charge is 2.20. The number of hydrogen-bond donors (Lipinski definition) is 2. The van der Waals surface area contributed by atoms with Crippen molar-refractivity contribution in [1.82, 2.24) is 5.32 Å². The minimum atomic E-state index is -1.32. The van der Waals surface area contributed by atoms with Crippen LogP contribution in [0.3, 0.4) is 0 Å². The summed E-state index contributed by atoms with van der Waals surface area (Å²) in [6.07, 6.45) is -1.67. The first-order valence-corrected chi connectivity index (χ1v) is 8.36. The summed E-state index contributed by atoms with van der Waals surface area (Å²) in [5.41, 5.74) is -0.809. The summed E-state index contributed by atoms with van der Waals surface area (Å²) in [4.78, 5) is 35.5. The van der Waals surface area contributed by atoms with Gasteiger partial charge in [-0.1, -0.05) is 0 Å². The second kappa shape index (κ2) is 9.67. The number of amides is 2. The molecule has 6 nitrogen and oxygen atoms in total. The van der Waals surface area contributed by atoms with Gasteiger partial charge in [-0.25, -0.2) is 17.6 Å². The van der Waals surface area contributed by atoms with E-state index >= 15 is 0 Å². The molecule has 2 aromatic carbocycles. The summed E-state index contributed by atoms with van der Waals surface area (Å²) in [6, 6.07) is 4.88. The van der Waals surface area contributed by atoms with Gasteiger partial charge in [-0.3, -0.25) is 14.4 Å². The van der Waals surface area contributed by atoms with Crippen molar-refractivity contribution >= 4 is 23.5 Å². The summed E-state index contributed by atoms with van der Waals surface area (Å²) in [6.45, 7) is 0.984. The lowest BCUT2D eigenvalue weighted by Crippen LogP contribution is -2.32. The molecule has 2 N–H and O–H groups in total. The van der Waals surface area contributed by atoms with E-state index in [0.29, 0.717) is 6.07 Å². The van der Waals surface area contributed by atoms with Crippen molar-refractivity contribution in [1.29, 1.82) is 0 Å². The highest BCUT2D eigenvalue weighted by atomic mass is 19.1. The van der Waals surface area contributed by atoms with E-state index in [1.807, 2.05) is 0 Å². The molecule has 2 aromatic rings. The predicted molar refractivity (Wildman–Crippen MR) is 93.8 cm³/mol. The van der Waals surface area contributed by atoms with Crippen molar-refractivity contribution in [2.45, 2.75) is 19.4 Å². The largest absolute Gasteiger partial charge is 0.452 e. The van der Waals surface area contributed by atoms with Crippen LogP contribution < -0.4 is 10.6 Å². The maximum Gasteiger partial charge on any atom is 0.308 e. The Morgan fingerprint density at radius 1 is 0.966 bits per heavy atom. The number of nitrogens with one attached hydrogen (secondary N) is 2. The van der Waals surface area contributed by atoms with Crippen molar-refractivity contribution < 1.29 is 36.7 Å². The van der Waals surface area contributed by atoms with Crippen molar-refractivity contribution in [3.63, 3.8) is 0 Å². The molecule has 29 heavy (non-hydrogen) atoms. The third-order valence-electron chi connectivity index (χ3n) is 3.65. The Hall–Kier alpha value is -3.43. The molecule has 0 spiro atoms. The van der Waals surface area contributed by atoms with Gasteiger partial charge in [0, 0.05) is 18.7 Å². The van der Waals surface area contributed by atoms with Gasteiger partial charge >= 0.3 is 5.97 Å². The zero-order chi connectivity index (χ0) is 21.6. The first kappa shape index (κ1) is 21.9. The van der Waals surface area contributed by atoms with Gasteiger partial charge in [0.2, 0.25) is 0 Å². The number of carbonyl (C=O) groups excluding carboxylic acids is 3. The molecular formula is C19H16F4N2O4. The normalized spacial score (nSPS) is 11.5. The van der Waals surface area contributed by atoms with E-state index in [1.165, 1.54) is 6.92 Å². The van der Waals surface area contributed by atoms with Crippen molar-refractivity contribution in [2.24, 2.45) is 0 Å². The minimum absolute atomic E-state index is 0.235. The Morgan fingerprint density at radius 3 is 2.31 bits per heavy atom. The van der Waals surface area contributed by atoms with Crippen LogP contribution in [0.4, 0.5) is 23.2 Å². The van der Waals surface area contributed by atoms with Crippen LogP contribution in [0, 0.1) is 23.3 Å². The Morgan fingerprint density at radius 2 is 1.62 bits per heavy atom. The number of hydrogen-bond acceptors (Lipinski definition) is 4. The zero-order valence-electron chi connectivity index (χ0n) is 15.1. The standard InChI is InChI=1S/C19H16F4N2O4/c1-10(18(27)25-16-9-12(21)3-5-14(16)22)29-17(26)6-7-24-19(28)13-4-2-11(20)8-15(13)23/h2-5,8-10H,6-7H2,1H3,(H,24,28)(H,25,27). The van der Waals surface area contributed by atoms with E-state index in [0.717, 1.165) is 30.3 Å². The third-order valence-corrected chi connectivity index (χ3v) is 3.65. The quantitative estimate of drug-likeness (QED) is 0.541. The lowest BCUT2D eigenvalue weighted by molar-refractivity contribution is -0.153. The lowest BCUT2D eigenvalue weighted by Gasteiger charge is -2.14. The molecule has 10 heteroatoms. The van der Waals surface area contributed by atoms with Crippen molar-refractivity contribution in [2.75, 3.05) is 11.9 Å². The summed E-state index contributed by atoms with van der Waals surface area (Å²) in [7, 11) is 0. The fourth-order valence-corrected chi connectivity index (χ4v) is 2.18. The average Bonchev–Trinajstić information content (AvgIpc) is 2.64. The number of esters is 1. The van der Waals surface area contributed by atoms with Gasteiger partial charge < -0.3 is 15.4 Å². The maximum atomic E-state index is 13.5. The lowest BCUT2D eigenvalue weighted by atomic mass is 10.2. The Labute approximate surface area is 162 Å². The molecule has 2 amide bonds. The summed E-state index contributed by atoms with van der Waals surface area (Å²) >= 11 is 0. The van der Waals surface area contributed by atoms with Crippen LogP contribution in [0.5, 0.6) is 0 Å². The number of rotatable bonds is 7. The van der Waals surface area contributed by atoms with Crippen LogP contribution in [-0.4, -0.2) is 30.4 Å². The van der Waals surface area contributed by atoms with E-state index in [9.17, 15) is 31.9 Å². The molecule has 0 bridgehead atoms. The van der Waals surface area contributed by atoms with Crippen LogP contribution in [-0.2, 0) is 14.3 Å². The molecule has 2 rings (SSSR count). The van der Waals surface area contributed by atoms with Gasteiger partial charge in [0.1, 0.15) is 23.3 Å². The van der Waals surface area contributed by atoms with Gasteiger partial charge in [-0.15, -0.1) is 0 Å².